The van der Waals surface area contributed by atoms with Crippen LogP contribution in [0.5, 0.6) is 5.75 Å². The molecule has 0 unspecified atom stereocenters. The maximum absolute atomic E-state index is 12.6. The number of aryl methyl sites for hydroxylation is 3. The minimum atomic E-state index is -3.84. The monoisotopic (exact) mass is 390 g/mol. The minimum absolute atomic E-state index is 0.0928. The maximum atomic E-state index is 12.6. The number of carbonyl (C=O) groups excluding carboxylic acids is 1. The Kier molecular flexibility index (Phi) is 6.62. The number of hydrogen-bond donors (Lipinski definition) is 2. The normalized spacial score (nSPS) is 12.5. The van der Waals surface area contributed by atoms with Gasteiger partial charge in [-0.25, -0.2) is 8.42 Å². The van der Waals surface area contributed by atoms with Crippen LogP contribution in [-0.2, 0) is 14.8 Å². The van der Waals surface area contributed by atoms with E-state index in [1.807, 2.05) is 39.0 Å². The first-order valence-electron chi connectivity index (χ1n) is 8.78. The zero-order chi connectivity index (χ0) is 20.2. The molecule has 0 heterocycles. The molecule has 1 atom stereocenters. The fourth-order valence-electron chi connectivity index (χ4n) is 2.70. The summed E-state index contributed by atoms with van der Waals surface area (Å²) in [5.74, 6) is 0.218. The molecule has 146 valence electrons. The Balaban J connectivity index is 2.14. The highest BCUT2D eigenvalue weighted by atomic mass is 32.2. The van der Waals surface area contributed by atoms with Crippen molar-refractivity contribution >= 4 is 21.6 Å². The molecule has 0 aliphatic rings. The Hall–Kier alpha value is -2.38. The van der Waals surface area contributed by atoms with E-state index >= 15 is 0 Å². The molecule has 2 aromatic rings. The van der Waals surface area contributed by atoms with Crippen molar-refractivity contribution in [3.63, 3.8) is 0 Å². The smallest absolute Gasteiger partial charge is 0.242 e. The van der Waals surface area contributed by atoms with Crippen LogP contribution in [0.25, 0.3) is 0 Å². The van der Waals surface area contributed by atoms with Crippen molar-refractivity contribution in [1.29, 1.82) is 0 Å². The van der Waals surface area contributed by atoms with E-state index in [1.54, 1.807) is 13.0 Å². The number of amides is 1. The van der Waals surface area contributed by atoms with Gasteiger partial charge in [0.05, 0.1) is 17.5 Å². The lowest BCUT2D eigenvalue weighted by atomic mass is 10.1. The van der Waals surface area contributed by atoms with E-state index in [9.17, 15) is 13.2 Å². The first-order chi connectivity index (χ1) is 12.7. The Morgan fingerprint density at radius 3 is 2.26 bits per heavy atom. The van der Waals surface area contributed by atoms with Gasteiger partial charge in [0.1, 0.15) is 5.75 Å². The quantitative estimate of drug-likeness (QED) is 0.760. The van der Waals surface area contributed by atoms with Crippen LogP contribution < -0.4 is 14.8 Å². The second kappa shape index (κ2) is 8.54. The summed E-state index contributed by atoms with van der Waals surface area (Å²) < 4.78 is 33.1. The number of carbonyl (C=O) groups is 1. The van der Waals surface area contributed by atoms with E-state index < -0.39 is 22.0 Å². The van der Waals surface area contributed by atoms with Gasteiger partial charge in [0.2, 0.25) is 15.9 Å². The van der Waals surface area contributed by atoms with Gasteiger partial charge in [0, 0.05) is 5.69 Å². The predicted octanol–water partition coefficient (Wildman–Crippen LogP) is 3.32. The Morgan fingerprint density at radius 2 is 1.70 bits per heavy atom. The van der Waals surface area contributed by atoms with Gasteiger partial charge in [-0.3, -0.25) is 4.79 Å². The third-order valence-corrected chi connectivity index (χ3v) is 5.75. The van der Waals surface area contributed by atoms with E-state index in [2.05, 4.69) is 10.0 Å². The molecule has 6 nitrogen and oxygen atoms in total. The fourth-order valence-corrected chi connectivity index (χ4v) is 3.99. The van der Waals surface area contributed by atoms with E-state index in [1.165, 1.54) is 19.1 Å². The summed E-state index contributed by atoms with van der Waals surface area (Å²) in [5.41, 5.74) is 3.25. The van der Waals surface area contributed by atoms with Crippen molar-refractivity contribution < 1.29 is 17.9 Å². The van der Waals surface area contributed by atoms with Crippen LogP contribution in [0.3, 0.4) is 0 Å². The summed E-state index contributed by atoms with van der Waals surface area (Å²) in [6.07, 6.45) is 0. The highest BCUT2D eigenvalue weighted by Crippen LogP contribution is 2.22. The standard InChI is InChI=1S/C20H26N2O4S/c1-6-26-18-11-10-17(12-15(18)4)27(24,25)22-16(5)20(23)21-19-13(2)8-7-9-14(19)3/h7-12,16,22H,6H2,1-5H3,(H,21,23)/t16-/m1/s1. The van der Waals surface area contributed by atoms with Crippen molar-refractivity contribution in [3.8, 4) is 5.75 Å². The molecule has 0 spiro atoms. The summed E-state index contributed by atoms with van der Waals surface area (Å²) in [6.45, 7) is 9.44. The zero-order valence-electron chi connectivity index (χ0n) is 16.3. The van der Waals surface area contributed by atoms with Crippen molar-refractivity contribution in [2.75, 3.05) is 11.9 Å². The van der Waals surface area contributed by atoms with Crippen LogP contribution in [0, 0.1) is 20.8 Å². The Bertz CT molecular complexity index is 919. The SMILES string of the molecule is CCOc1ccc(S(=O)(=O)N[C@H](C)C(=O)Nc2c(C)cccc2C)cc1C. The van der Waals surface area contributed by atoms with Gasteiger partial charge in [-0.05, 0) is 69.5 Å². The molecule has 0 fully saturated rings. The van der Waals surface area contributed by atoms with E-state index in [4.69, 9.17) is 4.74 Å². The second-order valence-electron chi connectivity index (χ2n) is 6.46. The summed E-state index contributed by atoms with van der Waals surface area (Å²) in [5, 5.41) is 2.80. The molecule has 0 aliphatic heterocycles. The van der Waals surface area contributed by atoms with Gasteiger partial charge < -0.3 is 10.1 Å². The van der Waals surface area contributed by atoms with Gasteiger partial charge >= 0.3 is 0 Å². The van der Waals surface area contributed by atoms with Gasteiger partial charge in [-0.1, -0.05) is 18.2 Å². The predicted molar refractivity (Wildman–Crippen MR) is 107 cm³/mol. The molecule has 0 aliphatic carbocycles. The first kappa shape index (κ1) is 20.9. The van der Waals surface area contributed by atoms with Crippen LogP contribution in [0.15, 0.2) is 41.3 Å². The Morgan fingerprint density at radius 1 is 1.07 bits per heavy atom. The summed E-state index contributed by atoms with van der Waals surface area (Å²) in [6, 6.07) is 9.37. The van der Waals surface area contributed by atoms with E-state index in [0.29, 0.717) is 23.6 Å². The lowest BCUT2D eigenvalue weighted by Gasteiger charge is -2.17. The number of rotatable bonds is 7. The van der Waals surface area contributed by atoms with Gasteiger partial charge in [0.15, 0.2) is 0 Å². The molecule has 0 bridgehead atoms. The molecule has 1 amide bonds. The number of ether oxygens (including phenoxy) is 1. The molecule has 2 aromatic carbocycles. The summed E-state index contributed by atoms with van der Waals surface area (Å²) >= 11 is 0. The largest absolute Gasteiger partial charge is 0.494 e. The molecule has 0 aromatic heterocycles. The summed E-state index contributed by atoms with van der Waals surface area (Å²) in [4.78, 5) is 12.6. The van der Waals surface area contributed by atoms with E-state index in [0.717, 1.165) is 11.1 Å². The maximum Gasteiger partial charge on any atom is 0.242 e. The highest BCUT2D eigenvalue weighted by molar-refractivity contribution is 7.89. The third-order valence-electron chi connectivity index (χ3n) is 4.21. The molecule has 2 rings (SSSR count). The molecule has 27 heavy (non-hydrogen) atoms. The third kappa shape index (κ3) is 5.08. The van der Waals surface area contributed by atoms with Gasteiger partial charge in [-0.15, -0.1) is 0 Å². The van der Waals surface area contributed by atoms with Crippen molar-refractivity contribution in [2.24, 2.45) is 0 Å². The van der Waals surface area contributed by atoms with Crippen LogP contribution in [-0.4, -0.2) is 27.0 Å². The van der Waals surface area contributed by atoms with Crippen molar-refractivity contribution in [1.82, 2.24) is 4.72 Å². The molecule has 2 N–H and O–H groups in total. The van der Waals surface area contributed by atoms with Gasteiger partial charge in [-0.2, -0.15) is 4.72 Å². The number of para-hydroxylation sites is 1. The first-order valence-corrected chi connectivity index (χ1v) is 10.3. The van der Waals surface area contributed by atoms with E-state index in [-0.39, 0.29) is 4.90 Å². The average Bonchev–Trinajstić information content (AvgIpc) is 2.59. The molecule has 7 heteroatoms. The molecule has 0 radical (unpaired) electrons. The van der Waals surface area contributed by atoms with Crippen LogP contribution in [0.1, 0.15) is 30.5 Å². The van der Waals surface area contributed by atoms with Crippen molar-refractivity contribution in [3.05, 3.63) is 53.1 Å². The number of nitrogens with one attached hydrogen (secondary N) is 2. The highest BCUT2D eigenvalue weighted by Gasteiger charge is 2.23. The minimum Gasteiger partial charge on any atom is -0.494 e. The average molecular weight is 391 g/mol. The zero-order valence-corrected chi connectivity index (χ0v) is 17.1. The number of sulfonamides is 1. The lowest BCUT2D eigenvalue weighted by molar-refractivity contribution is -0.117. The number of hydrogen-bond acceptors (Lipinski definition) is 4. The van der Waals surface area contributed by atoms with Crippen LogP contribution in [0.2, 0.25) is 0 Å². The number of benzene rings is 2. The molecular weight excluding hydrogens is 364 g/mol. The molecule has 0 saturated carbocycles. The molecule has 0 saturated heterocycles. The molecular formula is C20H26N2O4S. The second-order valence-corrected chi connectivity index (χ2v) is 8.17. The van der Waals surface area contributed by atoms with Crippen LogP contribution >= 0.6 is 0 Å². The van der Waals surface area contributed by atoms with Gasteiger partial charge in [0.25, 0.3) is 0 Å². The number of anilines is 1. The topological polar surface area (TPSA) is 84.5 Å². The van der Waals surface area contributed by atoms with Crippen molar-refractivity contribution in [2.45, 2.75) is 45.6 Å². The summed E-state index contributed by atoms with van der Waals surface area (Å²) in [7, 11) is -3.84. The Labute approximate surface area is 161 Å². The van der Waals surface area contributed by atoms with Crippen LogP contribution in [0.4, 0.5) is 5.69 Å². The fraction of sp³-hybridized carbons (Fsp3) is 0.350. The lowest BCUT2D eigenvalue weighted by Crippen LogP contribution is -2.41.